The summed E-state index contributed by atoms with van der Waals surface area (Å²) in [4.78, 5) is 13.8. The van der Waals surface area contributed by atoms with Gasteiger partial charge in [0.2, 0.25) is 5.95 Å². The zero-order valence-electron chi connectivity index (χ0n) is 15.3. The number of imidazole rings is 1. The number of halogens is 1. The van der Waals surface area contributed by atoms with Crippen LogP contribution in [0.4, 0.5) is 21.8 Å². The summed E-state index contributed by atoms with van der Waals surface area (Å²) in [6.45, 7) is 2.81. The van der Waals surface area contributed by atoms with Gasteiger partial charge < -0.3 is 20.9 Å². The minimum absolute atomic E-state index is 0.276. The molecule has 0 unspecified atom stereocenters. The SMILES string of the molecule is CCn1cnc2c(Nc3ccc(F)cc3)nc(N[C@H]3CC[C@H](N)CC3)nc21. The number of hydrogen-bond acceptors (Lipinski definition) is 6. The van der Waals surface area contributed by atoms with E-state index in [2.05, 4.69) is 25.6 Å². The molecule has 8 heteroatoms. The van der Waals surface area contributed by atoms with Crippen LogP contribution in [0.25, 0.3) is 11.2 Å². The Hall–Kier alpha value is -2.74. The maximum atomic E-state index is 13.2. The van der Waals surface area contributed by atoms with Gasteiger partial charge in [-0.25, -0.2) is 9.37 Å². The average Bonchev–Trinajstić information content (AvgIpc) is 3.09. The minimum atomic E-state index is -0.276. The van der Waals surface area contributed by atoms with Gasteiger partial charge in [-0.1, -0.05) is 0 Å². The Kier molecular flexibility index (Phi) is 4.89. The van der Waals surface area contributed by atoms with Gasteiger partial charge in [-0.15, -0.1) is 0 Å². The second-order valence-electron chi connectivity index (χ2n) is 6.99. The van der Waals surface area contributed by atoms with Gasteiger partial charge in [0.15, 0.2) is 17.0 Å². The highest BCUT2D eigenvalue weighted by Crippen LogP contribution is 2.26. The molecule has 1 saturated carbocycles. The Bertz CT molecular complexity index is 914. The third-order valence-corrected chi connectivity index (χ3v) is 5.02. The first-order valence-corrected chi connectivity index (χ1v) is 9.40. The number of rotatable bonds is 5. The lowest BCUT2D eigenvalue weighted by molar-refractivity contribution is 0.410. The van der Waals surface area contributed by atoms with Gasteiger partial charge >= 0.3 is 0 Å². The molecule has 142 valence electrons. The Morgan fingerprint density at radius 1 is 1.15 bits per heavy atom. The molecule has 0 amide bonds. The molecule has 0 spiro atoms. The van der Waals surface area contributed by atoms with E-state index in [4.69, 9.17) is 5.73 Å². The molecule has 1 aromatic carbocycles. The van der Waals surface area contributed by atoms with Crippen LogP contribution >= 0.6 is 0 Å². The number of nitrogens with two attached hydrogens (primary N) is 1. The first-order valence-electron chi connectivity index (χ1n) is 9.40. The Morgan fingerprint density at radius 3 is 2.59 bits per heavy atom. The average molecular weight is 369 g/mol. The summed E-state index contributed by atoms with van der Waals surface area (Å²) in [7, 11) is 0. The molecule has 0 saturated heterocycles. The Labute approximate surface area is 157 Å². The van der Waals surface area contributed by atoms with Crippen LogP contribution in [-0.2, 0) is 6.54 Å². The van der Waals surface area contributed by atoms with E-state index in [-0.39, 0.29) is 5.82 Å². The van der Waals surface area contributed by atoms with E-state index >= 15 is 0 Å². The molecule has 1 fully saturated rings. The van der Waals surface area contributed by atoms with Crippen LogP contribution in [0.5, 0.6) is 0 Å². The number of aryl methyl sites for hydroxylation is 1. The van der Waals surface area contributed by atoms with Crippen LogP contribution in [0, 0.1) is 5.82 Å². The van der Waals surface area contributed by atoms with Crippen LogP contribution in [0.15, 0.2) is 30.6 Å². The number of benzene rings is 1. The molecule has 0 bridgehead atoms. The molecule has 27 heavy (non-hydrogen) atoms. The first kappa shape index (κ1) is 17.7. The van der Waals surface area contributed by atoms with Crippen LogP contribution < -0.4 is 16.4 Å². The summed E-state index contributed by atoms with van der Waals surface area (Å²) < 4.78 is 15.2. The predicted molar refractivity (Wildman–Crippen MR) is 105 cm³/mol. The fourth-order valence-corrected chi connectivity index (χ4v) is 3.44. The van der Waals surface area contributed by atoms with Gasteiger partial charge in [0, 0.05) is 24.3 Å². The lowest BCUT2D eigenvalue weighted by Crippen LogP contribution is -2.33. The molecule has 0 atom stereocenters. The van der Waals surface area contributed by atoms with Crippen molar-refractivity contribution in [2.45, 2.75) is 51.2 Å². The number of hydrogen-bond donors (Lipinski definition) is 3. The van der Waals surface area contributed by atoms with E-state index in [1.807, 2.05) is 11.5 Å². The van der Waals surface area contributed by atoms with Crippen molar-refractivity contribution in [3.05, 3.63) is 36.4 Å². The van der Waals surface area contributed by atoms with Crippen molar-refractivity contribution >= 4 is 28.6 Å². The standard InChI is InChI=1S/C19H24FN7/c1-2-27-11-22-16-17(23-14-7-3-12(20)4-8-14)25-19(26-18(16)27)24-15-9-5-13(21)6-10-15/h3-4,7-8,11,13,15H,2,5-6,9-10,21H2,1H3,(H2,23,24,25,26)/t13-,15-. The lowest BCUT2D eigenvalue weighted by Gasteiger charge is -2.26. The molecular formula is C19H24FN7. The van der Waals surface area contributed by atoms with Gasteiger partial charge in [0.1, 0.15) is 5.82 Å². The fourth-order valence-electron chi connectivity index (χ4n) is 3.44. The van der Waals surface area contributed by atoms with Crippen molar-refractivity contribution in [2.75, 3.05) is 10.6 Å². The van der Waals surface area contributed by atoms with Crippen LogP contribution in [0.1, 0.15) is 32.6 Å². The molecule has 1 aliphatic rings. The summed E-state index contributed by atoms with van der Waals surface area (Å²) >= 11 is 0. The summed E-state index contributed by atoms with van der Waals surface area (Å²) in [6.07, 6.45) is 5.80. The second-order valence-corrected chi connectivity index (χ2v) is 6.99. The highest BCUT2D eigenvalue weighted by atomic mass is 19.1. The molecule has 2 heterocycles. The van der Waals surface area contributed by atoms with Gasteiger partial charge in [-0.3, -0.25) is 0 Å². The first-order chi connectivity index (χ1) is 13.1. The van der Waals surface area contributed by atoms with Crippen molar-refractivity contribution < 1.29 is 4.39 Å². The molecule has 1 aliphatic carbocycles. The van der Waals surface area contributed by atoms with E-state index in [9.17, 15) is 4.39 Å². The second kappa shape index (κ2) is 7.48. The monoisotopic (exact) mass is 369 g/mol. The zero-order chi connectivity index (χ0) is 18.8. The third-order valence-electron chi connectivity index (χ3n) is 5.02. The van der Waals surface area contributed by atoms with Crippen molar-refractivity contribution in [1.82, 2.24) is 19.5 Å². The minimum Gasteiger partial charge on any atom is -0.351 e. The van der Waals surface area contributed by atoms with E-state index in [0.717, 1.165) is 43.6 Å². The van der Waals surface area contributed by atoms with Gasteiger partial charge in [0.05, 0.1) is 6.33 Å². The highest BCUT2D eigenvalue weighted by Gasteiger charge is 2.20. The fraction of sp³-hybridized carbons (Fsp3) is 0.421. The summed E-state index contributed by atoms with van der Waals surface area (Å²) in [5.74, 6) is 0.901. The molecule has 4 N–H and O–H groups in total. The zero-order valence-corrected chi connectivity index (χ0v) is 15.3. The maximum Gasteiger partial charge on any atom is 0.227 e. The van der Waals surface area contributed by atoms with Crippen LogP contribution in [-0.4, -0.2) is 31.6 Å². The molecule has 3 aromatic rings. The number of nitrogens with one attached hydrogen (secondary N) is 2. The van der Waals surface area contributed by atoms with Crippen molar-refractivity contribution in [2.24, 2.45) is 5.73 Å². The molecule has 2 aromatic heterocycles. The Morgan fingerprint density at radius 2 is 1.89 bits per heavy atom. The summed E-state index contributed by atoms with van der Waals surface area (Å²) in [5, 5.41) is 6.69. The van der Waals surface area contributed by atoms with Crippen molar-refractivity contribution in [3.63, 3.8) is 0 Å². The van der Waals surface area contributed by atoms with Crippen molar-refractivity contribution in [3.8, 4) is 0 Å². The molecular weight excluding hydrogens is 345 g/mol. The summed E-state index contributed by atoms with van der Waals surface area (Å²) in [5.41, 5.74) is 8.21. The third kappa shape index (κ3) is 3.85. The largest absolute Gasteiger partial charge is 0.351 e. The van der Waals surface area contributed by atoms with E-state index in [0.29, 0.717) is 29.4 Å². The quantitative estimate of drug-likeness (QED) is 0.638. The molecule has 0 aliphatic heterocycles. The number of fused-ring (bicyclic) bond motifs is 1. The normalized spacial score (nSPS) is 20.0. The van der Waals surface area contributed by atoms with Gasteiger partial charge in [-0.2, -0.15) is 9.97 Å². The van der Waals surface area contributed by atoms with Crippen LogP contribution in [0.2, 0.25) is 0 Å². The Balaban J connectivity index is 1.66. The lowest BCUT2D eigenvalue weighted by atomic mass is 9.92. The molecule has 7 nitrogen and oxygen atoms in total. The van der Waals surface area contributed by atoms with E-state index < -0.39 is 0 Å². The van der Waals surface area contributed by atoms with Crippen LogP contribution in [0.3, 0.4) is 0 Å². The van der Waals surface area contributed by atoms with Crippen molar-refractivity contribution in [1.29, 1.82) is 0 Å². The van der Waals surface area contributed by atoms with Gasteiger partial charge in [0.25, 0.3) is 0 Å². The number of nitrogens with zero attached hydrogens (tertiary/aromatic N) is 4. The topological polar surface area (TPSA) is 93.7 Å². The van der Waals surface area contributed by atoms with Gasteiger partial charge in [-0.05, 0) is 56.9 Å². The predicted octanol–water partition coefficient (Wildman–Crippen LogP) is 3.41. The van der Waals surface area contributed by atoms with E-state index in [1.165, 1.54) is 12.1 Å². The summed E-state index contributed by atoms with van der Waals surface area (Å²) in [6, 6.07) is 6.79. The van der Waals surface area contributed by atoms with E-state index in [1.54, 1.807) is 18.5 Å². The number of anilines is 3. The number of aromatic nitrogens is 4. The maximum absolute atomic E-state index is 13.2. The highest BCUT2D eigenvalue weighted by molar-refractivity contribution is 5.86. The smallest absolute Gasteiger partial charge is 0.227 e. The molecule has 4 rings (SSSR count). The molecule has 0 radical (unpaired) electrons.